The van der Waals surface area contributed by atoms with Crippen LogP contribution >= 0.6 is 24.0 Å². The maximum absolute atomic E-state index is 11.9. The van der Waals surface area contributed by atoms with Crippen LogP contribution in [0.2, 0.25) is 0 Å². The van der Waals surface area contributed by atoms with Crippen LogP contribution in [0.5, 0.6) is 0 Å². The molecule has 25 heavy (non-hydrogen) atoms. The van der Waals surface area contributed by atoms with Gasteiger partial charge in [0.05, 0.1) is 12.5 Å². The molecule has 0 spiro atoms. The minimum Gasteiger partial charge on any atom is -0.466 e. The van der Waals surface area contributed by atoms with Gasteiger partial charge in [-0.25, -0.2) is 0 Å². The molecule has 5 nitrogen and oxygen atoms in total. The Morgan fingerprint density at radius 1 is 1.20 bits per heavy atom. The second-order valence-corrected chi connectivity index (χ2v) is 7.67. The Labute approximate surface area is 169 Å². The van der Waals surface area contributed by atoms with Gasteiger partial charge in [-0.3, -0.25) is 9.79 Å². The lowest BCUT2D eigenvalue weighted by Gasteiger charge is -2.42. The summed E-state index contributed by atoms with van der Waals surface area (Å²) in [6.07, 6.45) is 8.69. The standard InChI is InChI=1S/C19H33N3O2.HI/c1-3-20-18(21-14-19(10-5-11-19)16-6-7-16)22-12-8-15(9-13-22)17(23)24-4-2;/h15-16H,3-14H2,1-2H3,(H,20,21);1H. The fraction of sp³-hybridized carbons (Fsp3) is 0.895. The van der Waals surface area contributed by atoms with Gasteiger partial charge in [-0.15, -0.1) is 24.0 Å². The number of halogens is 1. The number of carbonyl (C=O) groups excluding carboxylic acids is 1. The molecule has 0 aromatic rings. The molecule has 0 amide bonds. The van der Waals surface area contributed by atoms with Crippen LogP contribution in [0, 0.1) is 17.3 Å². The predicted octanol–water partition coefficient (Wildman–Crippen LogP) is 3.43. The van der Waals surface area contributed by atoms with E-state index in [1.807, 2.05) is 6.92 Å². The number of aliphatic imine (C=N–C) groups is 1. The summed E-state index contributed by atoms with van der Waals surface area (Å²) >= 11 is 0. The number of ether oxygens (including phenoxy) is 1. The highest BCUT2D eigenvalue weighted by Gasteiger charge is 2.48. The van der Waals surface area contributed by atoms with Crippen molar-refractivity contribution in [2.24, 2.45) is 22.2 Å². The average molecular weight is 463 g/mol. The van der Waals surface area contributed by atoms with E-state index in [0.29, 0.717) is 12.0 Å². The van der Waals surface area contributed by atoms with Crippen molar-refractivity contribution < 1.29 is 9.53 Å². The van der Waals surface area contributed by atoms with Crippen LogP contribution < -0.4 is 5.32 Å². The number of rotatable bonds is 6. The topological polar surface area (TPSA) is 53.9 Å². The van der Waals surface area contributed by atoms with E-state index in [1.165, 1.54) is 32.1 Å². The van der Waals surface area contributed by atoms with E-state index in [4.69, 9.17) is 9.73 Å². The number of guanidine groups is 1. The smallest absolute Gasteiger partial charge is 0.309 e. The van der Waals surface area contributed by atoms with Gasteiger partial charge in [-0.05, 0) is 63.7 Å². The first-order valence-corrected chi connectivity index (χ1v) is 9.88. The Morgan fingerprint density at radius 3 is 2.36 bits per heavy atom. The maximum atomic E-state index is 11.9. The molecular weight excluding hydrogens is 429 g/mol. The second kappa shape index (κ2) is 9.42. The van der Waals surface area contributed by atoms with E-state index in [-0.39, 0.29) is 35.9 Å². The molecule has 6 heteroatoms. The van der Waals surface area contributed by atoms with Gasteiger partial charge in [0.1, 0.15) is 0 Å². The van der Waals surface area contributed by atoms with Gasteiger partial charge in [0.15, 0.2) is 5.96 Å². The summed E-state index contributed by atoms with van der Waals surface area (Å²) in [6, 6.07) is 0. The summed E-state index contributed by atoms with van der Waals surface area (Å²) < 4.78 is 5.17. The Kier molecular flexibility index (Phi) is 7.83. The molecule has 2 saturated carbocycles. The number of carbonyl (C=O) groups is 1. The third-order valence-electron chi connectivity index (χ3n) is 6.09. The van der Waals surface area contributed by atoms with Crippen LogP contribution in [0.3, 0.4) is 0 Å². The van der Waals surface area contributed by atoms with Crippen molar-refractivity contribution in [3.8, 4) is 0 Å². The van der Waals surface area contributed by atoms with Crippen molar-refractivity contribution in [3.05, 3.63) is 0 Å². The first kappa shape index (κ1) is 20.8. The van der Waals surface area contributed by atoms with Crippen LogP contribution in [-0.2, 0) is 9.53 Å². The summed E-state index contributed by atoms with van der Waals surface area (Å²) in [7, 11) is 0. The summed E-state index contributed by atoms with van der Waals surface area (Å²) in [4.78, 5) is 19.2. The van der Waals surface area contributed by atoms with E-state index in [0.717, 1.165) is 50.9 Å². The van der Waals surface area contributed by atoms with Crippen molar-refractivity contribution >= 4 is 35.9 Å². The number of likely N-dealkylation sites (tertiary alicyclic amines) is 1. The van der Waals surface area contributed by atoms with Crippen molar-refractivity contribution in [2.75, 3.05) is 32.8 Å². The highest BCUT2D eigenvalue weighted by atomic mass is 127. The van der Waals surface area contributed by atoms with Crippen LogP contribution in [0.25, 0.3) is 0 Å². The summed E-state index contributed by atoms with van der Waals surface area (Å²) in [5.74, 6) is 2.02. The van der Waals surface area contributed by atoms with Crippen molar-refractivity contribution in [1.29, 1.82) is 0 Å². The molecule has 3 rings (SSSR count). The molecule has 0 radical (unpaired) electrons. The molecule has 1 saturated heterocycles. The normalized spacial score (nSPS) is 23.4. The van der Waals surface area contributed by atoms with E-state index >= 15 is 0 Å². The predicted molar refractivity (Wildman–Crippen MR) is 111 cm³/mol. The van der Waals surface area contributed by atoms with E-state index in [2.05, 4.69) is 17.1 Å². The van der Waals surface area contributed by atoms with Gasteiger partial charge in [0.2, 0.25) is 0 Å². The quantitative estimate of drug-likeness (QED) is 0.284. The lowest BCUT2D eigenvalue weighted by Crippen LogP contribution is -2.47. The zero-order valence-electron chi connectivity index (χ0n) is 15.8. The van der Waals surface area contributed by atoms with Gasteiger partial charge < -0.3 is 15.0 Å². The summed E-state index contributed by atoms with van der Waals surface area (Å²) in [6.45, 7) is 8.15. The molecule has 3 aliphatic rings. The highest BCUT2D eigenvalue weighted by molar-refractivity contribution is 14.0. The van der Waals surface area contributed by atoms with Gasteiger partial charge in [-0.2, -0.15) is 0 Å². The van der Waals surface area contributed by atoms with Gasteiger partial charge in [0.25, 0.3) is 0 Å². The molecule has 0 bridgehead atoms. The average Bonchev–Trinajstić information content (AvgIpc) is 3.38. The minimum absolute atomic E-state index is 0. The number of esters is 1. The SMILES string of the molecule is CCNC(=NCC1(C2CC2)CCC1)N1CCC(C(=O)OCC)CC1.I. The molecule has 1 N–H and O–H groups in total. The number of nitrogens with zero attached hydrogens (tertiary/aromatic N) is 2. The van der Waals surface area contributed by atoms with Gasteiger partial charge >= 0.3 is 5.97 Å². The highest BCUT2D eigenvalue weighted by Crippen LogP contribution is 2.57. The number of piperidine rings is 1. The third kappa shape index (κ3) is 5.01. The first-order valence-electron chi connectivity index (χ1n) is 9.88. The van der Waals surface area contributed by atoms with Gasteiger partial charge in [0, 0.05) is 26.2 Å². The number of hydrogen-bond donors (Lipinski definition) is 1. The third-order valence-corrected chi connectivity index (χ3v) is 6.09. The lowest BCUT2D eigenvalue weighted by atomic mass is 9.65. The van der Waals surface area contributed by atoms with Crippen LogP contribution in [0.4, 0.5) is 0 Å². The fourth-order valence-corrected chi connectivity index (χ4v) is 4.27. The maximum Gasteiger partial charge on any atom is 0.309 e. The molecule has 1 heterocycles. The fourth-order valence-electron chi connectivity index (χ4n) is 4.27. The zero-order chi connectivity index (χ0) is 17.0. The van der Waals surface area contributed by atoms with Crippen LogP contribution in [0.1, 0.15) is 58.8 Å². The number of nitrogens with one attached hydrogen (secondary N) is 1. The Morgan fingerprint density at radius 2 is 1.88 bits per heavy atom. The molecule has 0 aromatic heterocycles. The van der Waals surface area contributed by atoms with Gasteiger partial charge in [-0.1, -0.05) is 6.42 Å². The molecule has 144 valence electrons. The Hall–Kier alpha value is -0.530. The Balaban J connectivity index is 0.00000225. The van der Waals surface area contributed by atoms with Crippen molar-refractivity contribution in [2.45, 2.75) is 58.8 Å². The molecule has 0 atom stereocenters. The molecule has 3 fully saturated rings. The van der Waals surface area contributed by atoms with E-state index < -0.39 is 0 Å². The van der Waals surface area contributed by atoms with Crippen molar-refractivity contribution in [3.63, 3.8) is 0 Å². The van der Waals surface area contributed by atoms with Crippen LogP contribution in [-0.4, -0.2) is 49.6 Å². The second-order valence-electron chi connectivity index (χ2n) is 7.67. The van der Waals surface area contributed by atoms with E-state index in [9.17, 15) is 4.79 Å². The molecule has 0 unspecified atom stereocenters. The van der Waals surface area contributed by atoms with Crippen molar-refractivity contribution in [1.82, 2.24) is 10.2 Å². The monoisotopic (exact) mass is 463 g/mol. The number of hydrogen-bond acceptors (Lipinski definition) is 3. The molecule has 2 aliphatic carbocycles. The Bertz CT molecular complexity index is 467. The lowest BCUT2D eigenvalue weighted by molar-refractivity contribution is -0.149. The van der Waals surface area contributed by atoms with E-state index in [1.54, 1.807) is 0 Å². The van der Waals surface area contributed by atoms with Crippen LogP contribution in [0.15, 0.2) is 4.99 Å². The zero-order valence-corrected chi connectivity index (χ0v) is 18.1. The molecule has 1 aliphatic heterocycles. The molecule has 0 aromatic carbocycles. The minimum atomic E-state index is -0.0266. The first-order chi connectivity index (χ1) is 11.7. The summed E-state index contributed by atoms with van der Waals surface area (Å²) in [5, 5.41) is 3.46. The summed E-state index contributed by atoms with van der Waals surface area (Å²) in [5.41, 5.74) is 0.518. The largest absolute Gasteiger partial charge is 0.466 e. The molecular formula is C19H34IN3O2.